The maximum atomic E-state index is 12.3. The van der Waals surface area contributed by atoms with Crippen LogP contribution in [0, 0.1) is 0 Å². The van der Waals surface area contributed by atoms with Crippen molar-refractivity contribution in [3.05, 3.63) is 77.2 Å². The van der Waals surface area contributed by atoms with E-state index in [0.29, 0.717) is 17.9 Å². The first-order chi connectivity index (χ1) is 15.7. The second-order valence-corrected chi connectivity index (χ2v) is 10.5. The molecule has 0 atom stereocenters. The average Bonchev–Trinajstić information content (AvgIpc) is 3.30. The number of hydrogen-bond donors (Lipinski definition) is 4. The minimum Gasteiger partial charge on any atom is -0.352 e. The molecule has 10 heteroatoms. The van der Waals surface area contributed by atoms with E-state index in [9.17, 15) is 18.0 Å². The number of anilines is 2. The van der Waals surface area contributed by atoms with E-state index in [4.69, 9.17) is 0 Å². The predicted molar refractivity (Wildman–Crippen MR) is 131 cm³/mol. The van der Waals surface area contributed by atoms with Crippen molar-refractivity contribution in [2.45, 2.75) is 37.1 Å². The number of hydrogen-bond acceptors (Lipinski definition) is 5. The largest absolute Gasteiger partial charge is 0.352 e. The summed E-state index contributed by atoms with van der Waals surface area (Å²) in [6, 6.07) is 16.9. The molecule has 1 aromatic heterocycles. The van der Waals surface area contributed by atoms with E-state index in [1.54, 1.807) is 53.9 Å². The highest BCUT2D eigenvalue weighted by atomic mass is 32.2. The van der Waals surface area contributed by atoms with E-state index in [0.717, 1.165) is 22.5 Å². The summed E-state index contributed by atoms with van der Waals surface area (Å²) >= 11 is 1.14. The van der Waals surface area contributed by atoms with Crippen LogP contribution in [0.5, 0.6) is 0 Å². The molecular weight excluding hydrogens is 460 g/mol. The molecule has 1 heterocycles. The van der Waals surface area contributed by atoms with E-state index >= 15 is 0 Å². The zero-order valence-corrected chi connectivity index (χ0v) is 19.9. The molecule has 0 aliphatic heterocycles. The van der Waals surface area contributed by atoms with E-state index in [1.165, 1.54) is 0 Å². The van der Waals surface area contributed by atoms with Gasteiger partial charge in [-0.05, 0) is 60.7 Å². The number of rotatable bonds is 9. The summed E-state index contributed by atoms with van der Waals surface area (Å²) in [6.07, 6.45) is 0.174. The van der Waals surface area contributed by atoms with Gasteiger partial charge in [0.05, 0.1) is 6.42 Å². The summed E-state index contributed by atoms with van der Waals surface area (Å²) in [5.41, 5.74) is 2.76. The second kappa shape index (κ2) is 11.0. The Bertz CT molecular complexity index is 1170. The van der Waals surface area contributed by atoms with Gasteiger partial charge in [-0.3, -0.25) is 9.52 Å². The van der Waals surface area contributed by atoms with E-state index in [2.05, 4.69) is 20.7 Å². The number of sulfonamides is 1. The van der Waals surface area contributed by atoms with Crippen LogP contribution in [0.1, 0.15) is 25.0 Å². The first-order valence-electron chi connectivity index (χ1n) is 10.3. The highest BCUT2D eigenvalue weighted by Crippen LogP contribution is 2.20. The molecule has 0 fully saturated rings. The monoisotopic (exact) mass is 486 g/mol. The fraction of sp³-hybridized carbons (Fsp3) is 0.217. The van der Waals surface area contributed by atoms with Gasteiger partial charge in [0.25, 0.3) is 10.0 Å². The summed E-state index contributed by atoms with van der Waals surface area (Å²) in [4.78, 5) is 24.0. The van der Waals surface area contributed by atoms with E-state index in [-0.39, 0.29) is 28.6 Å². The zero-order valence-electron chi connectivity index (χ0n) is 18.3. The minimum atomic E-state index is -3.60. The van der Waals surface area contributed by atoms with Gasteiger partial charge in [-0.25, -0.2) is 13.2 Å². The summed E-state index contributed by atoms with van der Waals surface area (Å²) in [7, 11) is -3.60. The number of carbonyl (C=O) groups is 2. The Kier molecular flexibility index (Phi) is 8.07. The Morgan fingerprint density at radius 3 is 2.15 bits per heavy atom. The molecule has 0 aliphatic carbocycles. The number of amides is 3. The van der Waals surface area contributed by atoms with Gasteiger partial charge in [-0.1, -0.05) is 30.3 Å². The number of nitrogens with one attached hydrogen (secondary N) is 4. The standard InChI is InChI=1S/C23H26N4O4S2/c1-16(2)25-23(29)26-19-9-7-18(8-10-19)15-24-21(28)14-17-5-11-20(12-6-17)27-33(30,31)22-4-3-13-32-22/h3-13,16,27H,14-15H2,1-2H3,(H,24,28)(H2,25,26,29). The molecule has 0 saturated carbocycles. The Morgan fingerprint density at radius 1 is 0.909 bits per heavy atom. The lowest BCUT2D eigenvalue weighted by Crippen LogP contribution is -2.34. The number of carbonyl (C=O) groups excluding carboxylic acids is 2. The van der Waals surface area contributed by atoms with Crippen molar-refractivity contribution in [1.29, 1.82) is 0 Å². The minimum absolute atomic E-state index is 0.0474. The molecule has 4 N–H and O–H groups in total. The van der Waals surface area contributed by atoms with Gasteiger partial charge in [-0.2, -0.15) is 0 Å². The van der Waals surface area contributed by atoms with Crippen molar-refractivity contribution in [2.24, 2.45) is 0 Å². The first-order valence-corrected chi connectivity index (χ1v) is 12.7. The smallest absolute Gasteiger partial charge is 0.319 e. The molecule has 33 heavy (non-hydrogen) atoms. The second-order valence-electron chi connectivity index (χ2n) is 7.64. The van der Waals surface area contributed by atoms with Crippen LogP contribution in [-0.2, 0) is 27.8 Å². The summed E-state index contributed by atoms with van der Waals surface area (Å²) in [6.45, 7) is 4.12. The van der Waals surface area contributed by atoms with Gasteiger partial charge in [0.1, 0.15) is 4.21 Å². The molecular formula is C23H26N4O4S2. The number of benzene rings is 2. The van der Waals surface area contributed by atoms with Crippen molar-refractivity contribution in [3.63, 3.8) is 0 Å². The molecule has 3 amide bonds. The fourth-order valence-electron chi connectivity index (χ4n) is 2.90. The van der Waals surface area contributed by atoms with Crippen molar-refractivity contribution >= 4 is 44.7 Å². The lowest BCUT2D eigenvalue weighted by molar-refractivity contribution is -0.120. The third-order valence-corrected chi connectivity index (χ3v) is 7.23. The van der Waals surface area contributed by atoms with Crippen molar-refractivity contribution in [1.82, 2.24) is 10.6 Å². The molecule has 0 bridgehead atoms. The number of urea groups is 1. The highest BCUT2D eigenvalue weighted by molar-refractivity contribution is 7.94. The predicted octanol–water partition coefficient (Wildman–Crippen LogP) is 3.94. The summed E-state index contributed by atoms with van der Waals surface area (Å²) < 4.78 is 27.3. The van der Waals surface area contributed by atoms with Crippen molar-refractivity contribution < 1.29 is 18.0 Å². The Balaban J connectivity index is 1.46. The van der Waals surface area contributed by atoms with E-state index in [1.807, 2.05) is 26.0 Å². The Hall–Kier alpha value is -3.37. The molecule has 0 spiro atoms. The average molecular weight is 487 g/mol. The van der Waals surface area contributed by atoms with Gasteiger partial charge in [0.2, 0.25) is 5.91 Å². The van der Waals surface area contributed by atoms with Crippen molar-refractivity contribution in [2.75, 3.05) is 10.0 Å². The Morgan fingerprint density at radius 2 is 1.55 bits per heavy atom. The topological polar surface area (TPSA) is 116 Å². The van der Waals surface area contributed by atoms with Crippen LogP contribution in [0.25, 0.3) is 0 Å². The highest BCUT2D eigenvalue weighted by Gasteiger charge is 2.15. The first kappa shape index (κ1) is 24.3. The molecule has 174 valence electrons. The van der Waals surface area contributed by atoms with Crippen LogP contribution in [0.15, 0.2) is 70.3 Å². The number of thiophene rings is 1. The molecule has 0 unspecified atom stereocenters. The van der Waals surface area contributed by atoms with Crippen LogP contribution < -0.4 is 20.7 Å². The molecule has 0 saturated heterocycles. The summed E-state index contributed by atoms with van der Waals surface area (Å²) in [5, 5.41) is 10.1. The van der Waals surface area contributed by atoms with Crippen LogP contribution in [0.3, 0.4) is 0 Å². The third kappa shape index (κ3) is 7.62. The van der Waals surface area contributed by atoms with Crippen molar-refractivity contribution in [3.8, 4) is 0 Å². The summed E-state index contributed by atoms with van der Waals surface area (Å²) in [5.74, 6) is -0.152. The van der Waals surface area contributed by atoms with Gasteiger partial charge in [-0.15, -0.1) is 11.3 Å². The van der Waals surface area contributed by atoms with Gasteiger partial charge in [0, 0.05) is 24.0 Å². The molecule has 3 rings (SSSR count). The molecule has 2 aromatic carbocycles. The van der Waals surface area contributed by atoms with Gasteiger partial charge < -0.3 is 16.0 Å². The van der Waals surface area contributed by atoms with Gasteiger partial charge >= 0.3 is 6.03 Å². The molecule has 8 nitrogen and oxygen atoms in total. The normalized spacial score (nSPS) is 11.1. The zero-order chi connectivity index (χ0) is 23.8. The SMILES string of the molecule is CC(C)NC(=O)Nc1ccc(CNC(=O)Cc2ccc(NS(=O)(=O)c3cccs3)cc2)cc1. The van der Waals surface area contributed by atoms with Crippen LogP contribution >= 0.6 is 11.3 Å². The maximum Gasteiger partial charge on any atom is 0.319 e. The third-order valence-electron chi connectivity index (χ3n) is 4.45. The fourth-order valence-corrected chi connectivity index (χ4v) is 4.95. The van der Waals surface area contributed by atoms with Gasteiger partial charge in [0.15, 0.2) is 0 Å². The molecule has 0 radical (unpaired) electrons. The maximum absolute atomic E-state index is 12.3. The molecule has 0 aliphatic rings. The van der Waals surface area contributed by atoms with Crippen LogP contribution in [0.4, 0.5) is 16.2 Å². The lowest BCUT2D eigenvalue weighted by atomic mass is 10.1. The molecule has 3 aromatic rings. The quantitative estimate of drug-likeness (QED) is 0.367. The van der Waals surface area contributed by atoms with Crippen LogP contribution in [-0.4, -0.2) is 26.4 Å². The Labute approximate surface area is 197 Å². The van der Waals surface area contributed by atoms with Crippen LogP contribution in [0.2, 0.25) is 0 Å². The lowest BCUT2D eigenvalue weighted by Gasteiger charge is -2.11. The van der Waals surface area contributed by atoms with E-state index < -0.39 is 10.0 Å².